The number of sulfonamides is 1. The van der Waals surface area contributed by atoms with Crippen molar-refractivity contribution < 1.29 is 27.5 Å². The van der Waals surface area contributed by atoms with Gasteiger partial charge in [-0.3, -0.25) is 0 Å². The van der Waals surface area contributed by atoms with Gasteiger partial charge in [-0.1, -0.05) is 30.3 Å². The predicted molar refractivity (Wildman–Crippen MR) is 83.9 cm³/mol. The van der Waals surface area contributed by atoms with Gasteiger partial charge in [0.25, 0.3) is 0 Å². The van der Waals surface area contributed by atoms with Gasteiger partial charge in [-0.05, 0) is 12.5 Å². The van der Waals surface area contributed by atoms with Gasteiger partial charge < -0.3 is 9.47 Å². The number of hydrogen-bond donors (Lipinski definition) is 1. The zero-order valence-corrected chi connectivity index (χ0v) is 13.7. The van der Waals surface area contributed by atoms with Gasteiger partial charge in [0.15, 0.2) is 0 Å². The van der Waals surface area contributed by atoms with E-state index in [9.17, 15) is 18.0 Å². The number of carbonyl (C=O) groups excluding carboxylic acids is 2. The van der Waals surface area contributed by atoms with E-state index < -0.39 is 28.0 Å². The second kappa shape index (κ2) is 9.06. The molecule has 1 rings (SSSR count). The number of nitrogens with one attached hydrogen (secondary N) is 1. The van der Waals surface area contributed by atoms with Crippen molar-refractivity contribution in [3.8, 4) is 0 Å². The maximum Gasteiger partial charge on any atom is 0.331 e. The summed E-state index contributed by atoms with van der Waals surface area (Å²) in [4.78, 5) is 22.4. The molecule has 0 fully saturated rings. The molecular weight excluding hydrogens is 322 g/mol. The van der Waals surface area contributed by atoms with Gasteiger partial charge in [0.2, 0.25) is 10.0 Å². The molecule has 0 amide bonds. The molecule has 1 unspecified atom stereocenters. The van der Waals surface area contributed by atoms with Gasteiger partial charge >= 0.3 is 11.9 Å². The van der Waals surface area contributed by atoms with E-state index in [1.807, 2.05) is 0 Å². The van der Waals surface area contributed by atoms with Crippen molar-refractivity contribution in [2.45, 2.75) is 13.0 Å². The Hall–Kier alpha value is -2.19. The third-order valence-corrected chi connectivity index (χ3v) is 4.26. The summed E-state index contributed by atoms with van der Waals surface area (Å²) in [6.45, 7) is 1.31. The number of esters is 2. The van der Waals surface area contributed by atoms with Crippen LogP contribution in [0.4, 0.5) is 0 Å². The van der Waals surface area contributed by atoms with Gasteiger partial charge in [0.1, 0.15) is 6.61 Å². The highest BCUT2D eigenvalue weighted by Gasteiger charge is 2.19. The summed E-state index contributed by atoms with van der Waals surface area (Å²) in [5, 5.41) is 0. The summed E-state index contributed by atoms with van der Waals surface area (Å²) in [6, 6.07) is 8.03. The average Bonchev–Trinajstić information content (AvgIpc) is 2.57. The van der Waals surface area contributed by atoms with Crippen LogP contribution in [0.2, 0.25) is 0 Å². The number of methoxy groups -OCH3 is 1. The van der Waals surface area contributed by atoms with Crippen molar-refractivity contribution in [3.63, 3.8) is 0 Å². The molecule has 0 aliphatic heterocycles. The number of ether oxygens (including phenoxy) is 2. The van der Waals surface area contributed by atoms with E-state index in [0.29, 0.717) is 5.56 Å². The standard InChI is InChI=1S/C15H19NO6S/c1-3-23(19,20)16-13(12-7-5-4-6-8-12)11-22-15(18)10-9-14(17)21-2/h4-10,13,16H,3,11H2,1-2H3/b10-9+. The fourth-order valence-corrected chi connectivity index (χ4v) is 2.41. The number of benzene rings is 1. The molecule has 0 heterocycles. The van der Waals surface area contributed by atoms with Crippen LogP contribution >= 0.6 is 0 Å². The zero-order chi connectivity index (χ0) is 17.3. The summed E-state index contributed by atoms with van der Waals surface area (Å²) in [5.41, 5.74) is 0.661. The normalized spacial score (nSPS) is 12.8. The van der Waals surface area contributed by atoms with Crippen LogP contribution in [0, 0.1) is 0 Å². The first kappa shape index (κ1) is 18.9. The lowest BCUT2D eigenvalue weighted by Crippen LogP contribution is -2.33. The molecule has 0 aliphatic rings. The first-order valence-electron chi connectivity index (χ1n) is 6.85. The van der Waals surface area contributed by atoms with Crippen LogP contribution in [-0.2, 0) is 29.1 Å². The van der Waals surface area contributed by atoms with Gasteiger partial charge in [-0.25, -0.2) is 22.7 Å². The maximum absolute atomic E-state index is 11.8. The van der Waals surface area contributed by atoms with E-state index in [2.05, 4.69) is 9.46 Å². The fourth-order valence-electron chi connectivity index (χ4n) is 1.60. The maximum atomic E-state index is 11.8. The van der Waals surface area contributed by atoms with Crippen molar-refractivity contribution in [2.75, 3.05) is 19.5 Å². The Bertz CT molecular complexity index is 654. The van der Waals surface area contributed by atoms with Gasteiger partial charge in [0.05, 0.1) is 18.9 Å². The molecule has 0 aromatic heterocycles. The molecule has 0 saturated heterocycles. The highest BCUT2D eigenvalue weighted by atomic mass is 32.2. The van der Waals surface area contributed by atoms with Crippen LogP contribution in [0.1, 0.15) is 18.5 Å². The van der Waals surface area contributed by atoms with Crippen molar-refractivity contribution in [2.24, 2.45) is 0 Å². The van der Waals surface area contributed by atoms with Crippen LogP contribution in [0.15, 0.2) is 42.5 Å². The van der Waals surface area contributed by atoms with E-state index >= 15 is 0 Å². The summed E-state index contributed by atoms with van der Waals surface area (Å²) in [7, 11) is -2.29. The lowest BCUT2D eigenvalue weighted by atomic mass is 10.1. The molecule has 1 aromatic rings. The van der Waals surface area contributed by atoms with Gasteiger partial charge in [-0.2, -0.15) is 0 Å². The van der Waals surface area contributed by atoms with Crippen LogP contribution < -0.4 is 4.72 Å². The number of carbonyl (C=O) groups is 2. The minimum Gasteiger partial charge on any atom is -0.466 e. The Morgan fingerprint density at radius 3 is 2.35 bits per heavy atom. The molecule has 7 nitrogen and oxygen atoms in total. The van der Waals surface area contributed by atoms with E-state index in [0.717, 1.165) is 12.2 Å². The predicted octanol–water partition coefficient (Wildman–Crippen LogP) is 0.939. The monoisotopic (exact) mass is 341 g/mol. The van der Waals surface area contributed by atoms with Gasteiger partial charge in [-0.15, -0.1) is 0 Å². The summed E-state index contributed by atoms with van der Waals surface area (Å²) >= 11 is 0. The van der Waals surface area contributed by atoms with Crippen LogP contribution in [-0.4, -0.2) is 39.8 Å². The first-order chi connectivity index (χ1) is 10.9. The number of rotatable bonds is 8. The fraction of sp³-hybridized carbons (Fsp3) is 0.333. The quantitative estimate of drug-likeness (QED) is 0.558. The third kappa shape index (κ3) is 7.07. The zero-order valence-electron chi connectivity index (χ0n) is 12.9. The number of hydrogen-bond acceptors (Lipinski definition) is 6. The summed E-state index contributed by atoms with van der Waals surface area (Å²) in [6.07, 6.45) is 1.85. The minimum absolute atomic E-state index is 0.0908. The van der Waals surface area contributed by atoms with Crippen molar-refractivity contribution in [3.05, 3.63) is 48.0 Å². The molecule has 0 bridgehead atoms. The Balaban J connectivity index is 2.76. The van der Waals surface area contributed by atoms with Crippen LogP contribution in [0.25, 0.3) is 0 Å². The molecule has 0 saturated carbocycles. The molecule has 0 aliphatic carbocycles. The molecule has 1 N–H and O–H groups in total. The Morgan fingerprint density at radius 2 is 1.78 bits per heavy atom. The molecule has 0 spiro atoms. The molecule has 0 radical (unpaired) electrons. The largest absolute Gasteiger partial charge is 0.466 e. The molecule has 1 atom stereocenters. The van der Waals surface area contributed by atoms with Crippen molar-refractivity contribution >= 4 is 22.0 Å². The minimum atomic E-state index is -3.48. The van der Waals surface area contributed by atoms with Crippen molar-refractivity contribution in [1.29, 1.82) is 0 Å². The summed E-state index contributed by atoms with van der Waals surface area (Å²) in [5.74, 6) is -1.55. The molecule has 126 valence electrons. The highest BCUT2D eigenvalue weighted by Crippen LogP contribution is 2.14. The Kier molecular flexibility index (Phi) is 7.43. The SMILES string of the molecule is CCS(=O)(=O)NC(COC(=O)/C=C/C(=O)OC)c1ccccc1. The smallest absolute Gasteiger partial charge is 0.331 e. The lowest BCUT2D eigenvalue weighted by Gasteiger charge is -2.18. The van der Waals surface area contributed by atoms with E-state index in [1.54, 1.807) is 30.3 Å². The Labute approximate surface area is 135 Å². The van der Waals surface area contributed by atoms with E-state index in [-0.39, 0.29) is 12.4 Å². The molecular formula is C15H19NO6S. The second-order valence-electron chi connectivity index (χ2n) is 4.47. The summed E-state index contributed by atoms with van der Waals surface area (Å²) < 4.78 is 35.3. The van der Waals surface area contributed by atoms with E-state index in [1.165, 1.54) is 14.0 Å². The Morgan fingerprint density at radius 1 is 1.17 bits per heavy atom. The van der Waals surface area contributed by atoms with Crippen LogP contribution in [0.5, 0.6) is 0 Å². The van der Waals surface area contributed by atoms with E-state index in [4.69, 9.17) is 4.74 Å². The first-order valence-corrected chi connectivity index (χ1v) is 8.51. The molecule has 23 heavy (non-hydrogen) atoms. The average molecular weight is 341 g/mol. The lowest BCUT2D eigenvalue weighted by molar-refractivity contribution is -0.139. The third-order valence-electron chi connectivity index (χ3n) is 2.85. The molecule has 1 aromatic carbocycles. The second-order valence-corrected chi connectivity index (χ2v) is 6.51. The highest BCUT2D eigenvalue weighted by molar-refractivity contribution is 7.89. The van der Waals surface area contributed by atoms with Crippen LogP contribution in [0.3, 0.4) is 0 Å². The molecule has 8 heteroatoms. The van der Waals surface area contributed by atoms with Crippen molar-refractivity contribution in [1.82, 2.24) is 4.72 Å². The topological polar surface area (TPSA) is 98.8 Å². The van der Waals surface area contributed by atoms with Gasteiger partial charge in [0, 0.05) is 12.2 Å².